The Labute approximate surface area is 137 Å². The quantitative estimate of drug-likeness (QED) is 0.699. The van der Waals surface area contributed by atoms with Crippen molar-refractivity contribution in [3.8, 4) is 11.3 Å². The molecule has 0 amide bonds. The normalized spacial score (nSPS) is 11.8. The van der Waals surface area contributed by atoms with E-state index in [9.17, 15) is 8.42 Å². The fraction of sp³-hybridized carbons (Fsp3) is 0.0667. The Hall–Kier alpha value is -1.69. The number of sulfone groups is 1. The highest BCUT2D eigenvalue weighted by Gasteiger charge is 2.19. The average molecular weight is 353 g/mol. The molecule has 0 fully saturated rings. The molecule has 22 heavy (non-hydrogen) atoms. The van der Waals surface area contributed by atoms with E-state index in [-0.39, 0.29) is 10.7 Å². The van der Waals surface area contributed by atoms with E-state index in [0.717, 1.165) is 6.26 Å². The Bertz CT molecular complexity index is 971. The molecule has 0 aliphatic carbocycles. The first-order valence-corrected chi connectivity index (χ1v) is 8.92. The fourth-order valence-electron chi connectivity index (χ4n) is 2.07. The van der Waals surface area contributed by atoms with Crippen LogP contribution in [-0.2, 0) is 9.84 Å². The smallest absolute Gasteiger partial charge is 0.194 e. The summed E-state index contributed by atoms with van der Waals surface area (Å²) in [6.07, 6.45) is 1.11. The number of hydrogen-bond donors (Lipinski definition) is 0. The van der Waals surface area contributed by atoms with Gasteiger partial charge in [-0.1, -0.05) is 35.3 Å². The molecule has 1 aromatic heterocycles. The van der Waals surface area contributed by atoms with Crippen LogP contribution < -0.4 is 0 Å². The van der Waals surface area contributed by atoms with Gasteiger partial charge in [0.1, 0.15) is 5.69 Å². The minimum atomic E-state index is -3.53. The summed E-state index contributed by atoms with van der Waals surface area (Å²) >= 11 is 11.8. The van der Waals surface area contributed by atoms with E-state index in [0.29, 0.717) is 26.6 Å². The Balaban J connectivity index is 2.37. The zero-order valence-electron chi connectivity index (χ0n) is 11.4. The molecule has 0 spiro atoms. The monoisotopic (exact) mass is 352 g/mol. The average Bonchev–Trinajstić information content (AvgIpc) is 2.45. The van der Waals surface area contributed by atoms with Crippen molar-refractivity contribution in [1.29, 1.82) is 0 Å². The molecule has 0 atom stereocenters. The van der Waals surface area contributed by atoms with Gasteiger partial charge in [-0.3, -0.25) is 0 Å². The summed E-state index contributed by atoms with van der Waals surface area (Å²) < 4.78 is 24.1. The Kier molecular flexibility index (Phi) is 3.80. The van der Waals surface area contributed by atoms with Crippen molar-refractivity contribution >= 4 is 44.1 Å². The number of benzene rings is 2. The lowest BCUT2D eigenvalue weighted by Crippen LogP contribution is -2.06. The Morgan fingerprint density at radius 1 is 0.864 bits per heavy atom. The topological polar surface area (TPSA) is 59.9 Å². The van der Waals surface area contributed by atoms with Crippen LogP contribution in [-0.4, -0.2) is 24.6 Å². The Morgan fingerprint density at radius 3 is 2.14 bits per heavy atom. The largest absolute Gasteiger partial charge is 0.243 e. The molecule has 0 radical (unpaired) electrons. The number of hydrogen-bond acceptors (Lipinski definition) is 4. The lowest BCUT2D eigenvalue weighted by Gasteiger charge is -2.09. The molecule has 3 aromatic rings. The van der Waals surface area contributed by atoms with E-state index in [2.05, 4.69) is 9.97 Å². The molecule has 3 rings (SSSR count). The molecule has 0 aliphatic heterocycles. The molecule has 112 valence electrons. The van der Waals surface area contributed by atoms with E-state index < -0.39 is 9.84 Å². The summed E-state index contributed by atoms with van der Waals surface area (Å²) in [4.78, 5) is 8.68. The maximum Gasteiger partial charge on any atom is 0.194 e. The molecule has 2 aromatic carbocycles. The highest BCUT2D eigenvalue weighted by atomic mass is 35.5. The van der Waals surface area contributed by atoms with Gasteiger partial charge in [0.25, 0.3) is 0 Å². The van der Waals surface area contributed by atoms with Crippen LogP contribution in [0, 0.1) is 0 Å². The van der Waals surface area contributed by atoms with Gasteiger partial charge in [0.05, 0.1) is 11.0 Å². The van der Waals surface area contributed by atoms with Gasteiger partial charge in [-0.2, -0.15) is 0 Å². The molecule has 0 aliphatic rings. The van der Waals surface area contributed by atoms with Gasteiger partial charge < -0.3 is 0 Å². The molecule has 0 N–H and O–H groups in total. The van der Waals surface area contributed by atoms with Crippen molar-refractivity contribution in [3.05, 3.63) is 52.5 Å². The minimum absolute atomic E-state index is 0.0651. The first-order valence-electron chi connectivity index (χ1n) is 6.28. The molecule has 0 saturated carbocycles. The number of fused-ring (bicyclic) bond motifs is 1. The van der Waals surface area contributed by atoms with Crippen LogP contribution in [0.1, 0.15) is 0 Å². The van der Waals surface area contributed by atoms with Gasteiger partial charge in [0.15, 0.2) is 14.9 Å². The van der Waals surface area contributed by atoms with Crippen LogP contribution in [0.5, 0.6) is 0 Å². The summed E-state index contributed by atoms with van der Waals surface area (Å²) in [6, 6.07) is 11.7. The third-order valence-corrected chi connectivity index (χ3v) is 4.54. The van der Waals surface area contributed by atoms with Crippen LogP contribution in [0.2, 0.25) is 10.0 Å². The number of aromatic nitrogens is 2. The van der Waals surface area contributed by atoms with Crippen molar-refractivity contribution in [2.24, 2.45) is 0 Å². The van der Waals surface area contributed by atoms with Crippen LogP contribution in [0.25, 0.3) is 22.3 Å². The molecule has 0 unspecified atom stereocenters. The van der Waals surface area contributed by atoms with Crippen LogP contribution in [0.15, 0.2) is 47.5 Å². The molecule has 1 heterocycles. The first kappa shape index (κ1) is 15.2. The summed E-state index contributed by atoms with van der Waals surface area (Å²) in [5.41, 5.74) is 1.92. The SMILES string of the molecule is CS(=O)(=O)c1nc2ccc(Cl)cc2nc1-c1ccc(Cl)cc1. The van der Waals surface area contributed by atoms with Gasteiger partial charge in [-0.25, -0.2) is 18.4 Å². The van der Waals surface area contributed by atoms with Crippen molar-refractivity contribution in [2.45, 2.75) is 5.03 Å². The van der Waals surface area contributed by atoms with E-state index >= 15 is 0 Å². The van der Waals surface area contributed by atoms with Crippen molar-refractivity contribution in [1.82, 2.24) is 9.97 Å². The lowest BCUT2D eigenvalue weighted by molar-refractivity contribution is 0.598. The second kappa shape index (κ2) is 5.50. The summed E-state index contributed by atoms with van der Waals surface area (Å²) in [6.45, 7) is 0. The summed E-state index contributed by atoms with van der Waals surface area (Å²) in [7, 11) is -3.53. The van der Waals surface area contributed by atoms with Crippen molar-refractivity contribution in [3.63, 3.8) is 0 Å². The van der Waals surface area contributed by atoms with Crippen molar-refractivity contribution < 1.29 is 8.42 Å². The zero-order valence-corrected chi connectivity index (χ0v) is 13.7. The van der Waals surface area contributed by atoms with Gasteiger partial charge in [-0.15, -0.1) is 0 Å². The van der Waals surface area contributed by atoms with E-state index in [1.165, 1.54) is 0 Å². The molecular weight excluding hydrogens is 343 g/mol. The predicted octanol–water partition coefficient (Wildman–Crippen LogP) is 4.01. The summed E-state index contributed by atoms with van der Waals surface area (Å²) in [5, 5.41) is 1.00. The van der Waals surface area contributed by atoms with Gasteiger partial charge in [0, 0.05) is 21.9 Å². The third kappa shape index (κ3) is 2.92. The third-order valence-electron chi connectivity index (χ3n) is 3.06. The second-order valence-corrected chi connectivity index (χ2v) is 7.59. The maximum absolute atomic E-state index is 12.0. The fourth-order valence-corrected chi connectivity index (χ4v) is 3.14. The van der Waals surface area contributed by atoms with E-state index in [1.807, 2.05) is 0 Å². The number of rotatable bonds is 2. The van der Waals surface area contributed by atoms with Gasteiger partial charge in [0.2, 0.25) is 0 Å². The molecule has 7 heteroatoms. The maximum atomic E-state index is 12.0. The molecule has 0 bridgehead atoms. The second-order valence-electron chi connectivity index (χ2n) is 4.79. The van der Waals surface area contributed by atoms with Crippen LogP contribution in [0.3, 0.4) is 0 Å². The standard InChI is InChI=1S/C15H10Cl2N2O2S/c1-22(20,21)15-14(9-2-4-10(16)5-3-9)18-13-8-11(17)6-7-12(13)19-15/h2-8H,1H3. The molecule has 4 nitrogen and oxygen atoms in total. The first-order chi connectivity index (χ1) is 10.3. The highest BCUT2D eigenvalue weighted by molar-refractivity contribution is 7.90. The summed E-state index contributed by atoms with van der Waals surface area (Å²) in [5.74, 6) is 0. The van der Waals surface area contributed by atoms with Crippen LogP contribution in [0.4, 0.5) is 0 Å². The lowest BCUT2D eigenvalue weighted by atomic mass is 10.1. The highest BCUT2D eigenvalue weighted by Crippen LogP contribution is 2.28. The van der Waals surface area contributed by atoms with E-state index in [1.54, 1.807) is 42.5 Å². The number of halogens is 2. The van der Waals surface area contributed by atoms with Gasteiger partial charge in [-0.05, 0) is 30.3 Å². The number of nitrogens with zero attached hydrogens (tertiary/aromatic N) is 2. The predicted molar refractivity (Wildman–Crippen MR) is 88.1 cm³/mol. The zero-order chi connectivity index (χ0) is 15.9. The Morgan fingerprint density at radius 2 is 1.50 bits per heavy atom. The van der Waals surface area contributed by atoms with Crippen LogP contribution >= 0.6 is 23.2 Å². The molecular formula is C15H10Cl2N2O2S. The van der Waals surface area contributed by atoms with Gasteiger partial charge >= 0.3 is 0 Å². The van der Waals surface area contributed by atoms with Crippen molar-refractivity contribution in [2.75, 3.05) is 6.26 Å². The molecule has 0 saturated heterocycles. The minimum Gasteiger partial charge on any atom is -0.243 e. The van der Waals surface area contributed by atoms with E-state index in [4.69, 9.17) is 23.2 Å².